The highest BCUT2D eigenvalue weighted by molar-refractivity contribution is 14.1. The fourth-order valence-electron chi connectivity index (χ4n) is 1.79. The lowest BCUT2D eigenvalue weighted by molar-refractivity contribution is -0.111. The molecule has 22 heavy (non-hydrogen) atoms. The van der Waals surface area contributed by atoms with Crippen molar-refractivity contribution in [3.63, 3.8) is 0 Å². The molecular formula is C16H12BrIN2O2. The number of halogens is 2. The maximum Gasteiger partial charge on any atom is 0.250 e. The van der Waals surface area contributed by atoms with Crippen LogP contribution in [0.1, 0.15) is 15.9 Å². The number of hydrogen-bond acceptors (Lipinski definition) is 2. The summed E-state index contributed by atoms with van der Waals surface area (Å²) in [6.45, 7) is 0. The molecule has 2 rings (SSSR count). The van der Waals surface area contributed by atoms with Crippen LogP contribution in [0, 0.1) is 3.57 Å². The SMILES string of the molecule is NC(=O)c1cc(I)ccc1NC(=O)/C=C/c1cccc(Br)c1. The van der Waals surface area contributed by atoms with Crippen LogP contribution in [0.15, 0.2) is 53.0 Å². The van der Waals surface area contributed by atoms with E-state index in [1.165, 1.54) is 6.08 Å². The van der Waals surface area contributed by atoms with E-state index in [9.17, 15) is 9.59 Å². The van der Waals surface area contributed by atoms with Gasteiger partial charge in [0.05, 0.1) is 11.3 Å². The minimum atomic E-state index is -0.579. The van der Waals surface area contributed by atoms with Crippen LogP contribution in [0.2, 0.25) is 0 Å². The van der Waals surface area contributed by atoms with Crippen LogP contribution < -0.4 is 11.1 Å². The van der Waals surface area contributed by atoms with Crippen molar-refractivity contribution in [1.82, 2.24) is 0 Å². The van der Waals surface area contributed by atoms with Crippen molar-refractivity contribution in [1.29, 1.82) is 0 Å². The lowest BCUT2D eigenvalue weighted by Gasteiger charge is -2.07. The largest absolute Gasteiger partial charge is 0.366 e. The number of anilines is 1. The average molecular weight is 471 g/mol. The average Bonchev–Trinajstić information content (AvgIpc) is 2.47. The minimum absolute atomic E-state index is 0.288. The molecule has 0 aliphatic carbocycles. The topological polar surface area (TPSA) is 72.2 Å². The van der Waals surface area contributed by atoms with E-state index in [2.05, 4.69) is 43.8 Å². The zero-order valence-electron chi connectivity index (χ0n) is 11.3. The van der Waals surface area contributed by atoms with E-state index in [-0.39, 0.29) is 11.5 Å². The Bertz CT molecular complexity index is 760. The van der Waals surface area contributed by atoms with Crippen LogP contribution in [0.4, 0.5) is 5.69 Å². The van der Waals surface area contributed by atoms with Gasteiger partial charge in [0.2, 0.25) is 5.91 Å². The van der Waals surface area contributed by atoms with Gasteiger partial charge in [-0.15, -0.1) is 0 Å². The summed E-state index contributed by atoms with van der Waals surface area (Å²) in [6, 6.07) is 12.6. The number of nitrogens with one attached hydrogen (secondary N) is 1. The molecule has 2 aromatic rings. The summed E-state index contributed by atoms with van der Waals surface area (Å²) < 4.78 is 1.80. The number of carbonyl (C=O) groups excluding carboxylic acids is 2. The molecule has 0 unspecified atom stereocenters. The monoisotopic (exact) mass is 470 g/mol. The molecule has 0 atom stereocenters. The summed E-state index contributed by atoms with van der Waals surface area (Å²) in [5.41, 5.74) is 6.90. The fourth-order valence-corrected chi connectivity index (χ4v) is 2.69. The zero-order valence-corrected chi connectivity index (χ0v) is 15.1. The van der Waals surface area contributed by atoms with Gasteiger partial charge in [0.1, 0.15) is 0 Å². The van der Waals surface area contributed by atoms with Gasteiger partial charge in [-0.2, -0.15) is 0 Å². The molecular weight excluding hydrogens is 459 g/mol. The van der Waals surface area contributed by atoms with Crippen molar-refractivity contribution >= 4 is 62.1 Å². The van der Waals surface area contributed by atoms with E-state index < -0.39 is 5.91 Å². The Morgan fingerprint density at radius 1 is 1.18 bits per heavy atom. The van der Waals surface area contributed by atoms with Crippen molar-refractivity contribution in [3.05, 3.63) is 67.7 Å². The molecule has 0 aromatic heterocycles. The molecule has 0 radical (unpaired) electrons. The van der Waals surface area contributed by atoms with Gasteiger partial charge in [-0.25, -0.2) is 0 Å². The van der Waals surface area contributed by atoms with Gasteiger partial charge in [-0.3, -0.25) is 9.59 Å². The van der Waals surface area contributed by atoms with Gasteiger partial charge in [0, 0.05) is 14.1 Å². The first-order valence-electron chi connectivity index (χ1n) is 6.29. The summed E-state index contributed by atoms with van der Waals surface area (Å²) in [5.74, 6) is -0.909. The first kappa shape index (κ1) is 16.7. The number of carbonyl (C=O) groups is 2. The summed E-state index contributed by atoms with van der Waals surface area (Å²) >= 11 is 5.45. The highest BCUT2D eigenvalue weighted by Gasteiger charge is 2.10. The van der Waals surface area contributed by atoms with E-state index in [0.29, 0.717) is 5.69 Å². The Morgan fingerprint density at radius 3 is 2.64 bits per heavy atom. The molecule has 0 fully saturated rings. The maximum absolute atomic E-state index is 12.0. The van der Waals surface area contributed by atoms with Crippen LogP contribution in [0.25, 0.3) is 6.08 Å². The molecule has 0 bridgehead atoms. The number of nitrogens with two attached hydrogens (primary N) is 1. The Labute approximate surface area is 150 Å². The van der Waals surface area contributed by atoms with Gasteiger partial charge in [0.25, 0.3) is 5.91 Å². The third kappa shape index (κ3) is 4.67. The Kier molecular flexibility index (Phi) is 5.73. The third-order valence-electron chi connectivity index (χ3n) is 2.78. The van der Waals surface area contributed by atoms with E-state index in [1.54, 1.807) is 24.3 Å². The summed E-state index contributed by atoms with van der Waals surface area (Å²) in [6.07, 6.45) is 3.10. The molecule has 2 aromatic carbocycles. The van der Waals surface area contributed by atoms with E-state index in [1.807, 2.05) is 24.3 Å². The molecule has 0 heterocycles. The smallest absolute Gasteiger partial charge is 0.250 e. The van der Waals surface area contributed by atoms with Crippen molar-refractivity contribution in [3.8, 4) is 0 Å². The maximum atomic E-state index is 12.0. The Morgan fingerprint density at radius 2 is 1.95 bits per heavy atom. The molecule has 0 spiro atoms. The summed E-state index contributed by atoms with van der Waals surface area (Å²) in [5, 5.41) is 2.66. The van der Waals surface area contributed by atoms with Crippen LogP contribution >= 0.6 is 38.5 Å². The Hall–Kier alpha value is -1.67. The summed E-state index contributed by atoms with van der Waals surface area (Å²) in [7, 11) is 0. The lowest BCUT2D eigenvalue weighted by atomic mass is 10.1. The standard InChI is InChI=1S/C16H12BrIN2O2/c17-11-3-1-2-10(8-11)4-7-15(21)20-14-6-5-12(18)9-13(14)16(19)22/h1-9H,(H2,19,22)(H,20,21)/b7-4+. The van der Waals surface area contributed by atoms with E-state index in [4.69, 9.17) is 5.73 Å². The van der Waals surface area contributed by atoms with Gasteiger partial charge >= 0.3 is 0 Å². The molecule has 0 saturated carbocycles. The predicted molar refractivity (Wildman–Crippen MR) is 99.5 cm³/mol. The molecule has 4 nitrogen and oxygen atoms in total. The van der Waals surface area contributed by atoms with Gasteiger partial charge < -0.3 is 11.1 Å². The number of benzene rings is 2. The van der Waals surface area contributed by atoms with Crippen LogP contribution in [-0.4, -0.2) is 11.8 Å². The molecule has 112 valence electrons. The first-order chi connectivity index (χ1) is 10.5. The normalized spacial score (nSPS) is 10.6. The second-order valence-electron chi connectivity index (χ2n) is 4.43. The molecule has 3 N–H and O–H groups in total. The second kappa shape index (κ2) is 7.55. The van der Waals surface area contributed by atoms with Gasteiger partial charge in [-0.05, 0) is 64.6 Å². The first-order valence-corrected chi connectivity index (χ1v) is 8.17. The van der Waals surface area contributed by atoms with Gasteiger partial charge in [0.15, 0.2) is 0 Å². The van der Waals surface area contributed by atoms with E-state index in [0.717, 1.165) is 13.6 Å². The molecule has 0 aliphatic rings. The number of hydrogen-bond donors (Lipinski definition) is 2. The predicted octanol–water partition coefficient (Wildman–Crippen LogP) is 3.80. The minimum Gasteiger partial charge on any atom is -0.366 e. The van der Waals surface area contributed by atoms with Crippen LogP contribution in [0.5, 0.6) is 0 Å². The summed E-state index contributed by atoms with van der Waals surface area (Å²) in [4.78, 5) is 23.4. The Balaban J connectivity index is 2.14. The van der Waals surface area contributed by atoms with E-state index >= 15 is 0 Å². The van der Waals surface area contributed by atoms with Crippen molar-refractivity contribution < 1.29 is 9.59 Å². The van der Waals surface area contributed by atoms with Crippen molar-refractivity contribution in [2.75, 3.05) is 5.32 Å². The zero-order chi connectivity index (χ0) is 16.1. The molecule has 6 heteroatoms. The molecule has 0 aliphatic heterocycles. The van der Waals surface area contributed by atoms with Crippen molar-refractivity contribution in [2.45, 2.75) is 0 Å². The number of amides is 2. The molecule has 0 saturated heterocycles. The third-order valence-corrected chi connectivity index (χ3v) is 3.95. The van der Waals surface area contributed by atoms with Crippen LogP contribution in [-0.2, 0) is 4.79 Å². The molecule has 2 amide bonds. The fraction of sp³-hybridized carbons (Fsp3) is 0. The van der Waals surface area contributed by atoms with Crippen molar-refractivity contribution in [2.24, 2.45) is 5.73 Å². The second-order valence-corrected chi connectivity index (χ2v) is 6.59. The lowest BCUT2D eigenvalue weighted by Crippen LogP contribution is -2.17. The van der Waals surface area contributed by atoms with Gasteiger partial charge in [-0.1, -0.05) is 28.1 Å². The van der Waals surface area contributed by atoms with Crippen LogP contribution in [0.3, 0.4) is 0 Å². The number of primary amides is 1. The highest BCUT2D eigenvalue weighted by Crippen LogP contribution is 2.19. The number of rotatable bonds is 4. The quantitative estimate of drug-likeness (QED) is 0.526. The highest BCUT2D eigenvalue weighted by atomic mass is 127.